The number of carbonyl (C=O) groups is 2. The fraction of sp³-hybridized carbons (Fsp3) is 0.611. The predicted octanol–water partition coefficient (Wildman–Crippen LogP) is 1.81. The van der Waals surface area contributed by atoms with Gasteiger partial charge in [0, 0.05) is 38.6 Å². The van der Waals surface area contributed by atoms with Crippen LogP contribution in [0.3, 0.4) is 0 Å². The number of rotatable bonds is 15. The zero-order valence-corrected chi connectivity index (χ0v) is 18.3. The van der Waals surface area contributed by atoms with Gasteiger partial charge in [-0.1, -0.05) is 23.8 Å². The zero-order chi connectivity index (χ0) is 21.3. The molecule has 29 heavy (non-hydrogen) atoms. The zero-order valence-electron chi connectivity index (χ0n) is 16.7. The van der Waals surface area contributed by atoms with Gasteiger partial charge in [0.05, 0.1) is 12.7 Å². The fourth-order valence-electron chi connectivity index (χ4n) is 1.93. The van der Waals surface area contributed by atoms with Gasteiger partial charge in [-0.25, -0.2) is 9.78 Å². The van der Waals surface area contributed by atoms with Crippen molar-refractivity contribution in [3.8, 4) is 0 Å². The number of amides is 2. The maximum absolute atomic E-state index is 11.8. The van der Waals surface area contributed by atoms with Crippen LogP contribution in [0.2, 0.25) is 0 Å². The van der Waals surface area contributed by atoms with E-state index in [0.29, 0.717) is 25.1 Å². The maximum Gasteiger partial charge on any atom is 0.407 e. The van der Waals surface area contributed by atoms with E-state index in [4.69, 9.17) is 19.3 Å². The van der Waals surface area contributed by atoms with Gasteiger partial charge in [-0.3, -0.25) is 4.79 Å². The molecule has 9 nitrogen and oxygen atoms in total. The molecule has 1 rings (SSSR count). The van der Waals surface area contributed by atoms with E-state index in [9.17, 15) is 9.59 Å². The maximum atomic E-state index is 11.8. The van der Waals surface area contributed by atoms with Crippen LogP contribution in [0.4, 0.5) is 4.79 Å². The van der Waals surface area contributed by atoms with E-state index in [0.717, 1.165) is 5.03 Å². The second-order valence-electron chi connectivity index (χ2n) is 5.71. The molecule has 164 valence electrons. The van der Waals surface area contributed by atoms with Crippen LogP contribution in [-0.2, 0) is 19.0 Å². The summed E-state index contributed by atoms with van der Waals surface area (Å²) in [7, 11) is 4.52. The lowest BCUT2D eigenvalue weighted by Crippen LogP contribution is -2.37. The number of nitrogens with zero attached hydrogens (tertiary/aromatic N) is 1. The lowest BCUT2D eigenvalue weighted by atomic mass is 10.3. The molecule has 1 heterocycles. The van der Waals surface area contributed by atoms with E-state index in [1.807, 2.05) is 25.1 Å². The first-order chi connectivity index (χ1) is 14.1. The Hall–Kier alpha value is -1.53. The molecule has 0 saturated heterocycles. The van der Waals surface area contributed by atoms with Gasteiger partial charge in [0.15, 0.2) is 6.29 Å². The average molecular weight is 448 g/mol. The summed E-state index contributed by atoms with van der Waals surface area (Å²) in [4.78, 5) is 27.6. The minimum absolute atomic E-state index is 0.0863. The van der Waals surface area contributed by atoms with Crippen LogP contribution in [-0.4, -0.2) is 73.7 Å². The molecule has 0 aromatic carbocycles. The Morgan fingerprint density at radius 2 is 2.07 bits per heavy atom. The molecular weight excluding hydrogens is 418 g/mol. The molecule has 2 amide bonds. The number of aromatic nitrogens is 1. The molecule has 0 aliphatic carbocycles. The molecule has 0 aliphatic rings. The molecule has 0 spiro atoms. The molecule has 0 fully saturated rings. The van der Waals surface area contributed by atoms with Crippen LogP contribution >= 0.6 is 21.6 Å². The van der Waals surface area contributed by atoms with E-state index >= 15 is 0 Å². The van der Waals surface area contributed by atoms with Gasteiger partial charge in [-0.2, -0.15) is 0 Å². The average Bonchev–Trinajstić information content (AvgIpc) is 2.75. The Morgan fingerprint density at radius 3 is 2.72 bits per heavy atom. The molecule has 0 radical (unpaired) electrons. The van der Waals surface area contributed by atoms with Gasteiger partial charge in [0.25, 0.3) is 0 Å². The molecule has 3 N–H and O–H groups in total. The minimum Gasteiger partial charge on any atom is -0.444 e. The summed E-state index contributed by atoms with van der Waals surface area (Å²) in [6.45, 7) is 2.18. The smallest absolute Gasteiger partial charge is 0.407 e. The predicted molar refractivity (Wildman–Crippen MR) is 113 cm³/mol. The number of aliphatic hydroxyl groups is 1. The Balaban J connectivity index is 2.04. The van der Waals surface area contributed by atoms with Crippen LogP contribution in [0.25, 0.3) is 0 Å². The summed E-state index contributed by atoms with van der Waals surface area (Å²) in [6.07, 6.45) is 0.964. The van der Waals surface area contributed by atoms with Crippen molar-refractivity contribution in [2.24, 2.45) is 0 Å². The Bertz CT molecular complexity index is 578. The van der Waals surface area contributed by atoms with Gasteiger partial charge in [-0.05, 0) is 29.3 Å². The normalized spacial score (nSPS) is 12.8. The van der Waals surface area contributed by atoms with E-state index in [2.05, 4.69) is 15.6 Å². The number of aliphatic hydroxyl groups excluding tert-OH is 1. The van der Waals surface area contributed by atoms with E-state index in [1.54, 1.807) is 17.0 Å². The first-order valence-electron chi connectivity index (χ1n) is 9.26. The van der Waals surface area contributed by atoms with Crippen LogP contribution in [0.1, 0.15) is 19.8 Å². The van der Waals surface area contributed by atoms with Crippen molar-refractivity contribution < 1.29 is 28.9 Å². The lowest BCUT2D eigenvalue weighted by molar-refractivity contribution is -0.181. The second kappa shape index (κ2) is 16.3. The van der Waals surface area contributed by atoms with Crippen LogP contribution in [0.15, 0.2) is 29.4 Å². The van der Waals surface area contributed by atoms with Gasteiger partial charge in [0.2, 0.25) is 5.91 Å². The monoisotopic (exact) mass is 447 g/mol. The SMILES string of the molecule is CCC(CO)OC(COC(=O)NCCNC(=O)CCSSc1ccccn1)OC. The summed E-state index contributed by atoms with van der Waals surface area (Å²) in [5.41, 5.74) is 0. The third-order valence-electron chi connectivity index (χ3n) is 3.53. The Kier molecular flexibility index (Phi) is 14.3. The number of methoxy groups -OCH3 is 1. The number of carbonyl (C=O) groups excluding carboxylic acids is 2. The number of ether oxygens (including phenoxy) is 3. The van der Waals surface area contributed by atoms with Crippen LogP contribution in [0, 0.1) is 0 Å². The lowest BCUT2D eigenvalue weighted by Gasteiger charge is -2.21. The second-order valence-corrected chi connectivity index (χ2v) is 8.15. The van der Waals surface area contributed by atoms with E-state index in [-0.39, 0.29) is 31.8 Å². The topological polar surface area (TPSA) is 119 Å². The molecular formula is C18H29N3O6S2. The quantitative estimate of drug-likeness (QED) is 0.210. The summed E-state index contributed by atoms with van der Waals surface area (Å²) in [6, 6.07) is 5.69. The van der Waals surface area contributed by atoms with Crippen LogP contribution in [0.5, 0.6) is 0 Å². The van der Waals surface area contributed by atoms with Crippen molar-refractivity contribution in [3.63, 3.8) is 0 Å². The first-order valence-corrected chi connectivity index (χ1v) is 11.6. The van der Waals surface area contributed by atoms with Crippen molar-refractivity contribution in [1.29, 1.82) is 0 Å². The van der Waals surface area contributed by atoms with Crippen molar-refractivity contribution in [3.05, 3.63) is 24.4 Å². The highest BCUT2D eigenvalue weighted by Gasteiger charge is 2.16. The number of pyridine rings is 1. The molecule has 1 aromatic rings. The highest BCUT2D eigenvalue weighted by Crippen LogP contribution is 2.29. The molecule has 0 aliphatic heterocycles. The molecule has 0 bridgehead atoms. The number of nitrogens with one attached hydrogen (secondary N) is 2. The van der Waals surface area contributed by atoms with Gasteiger partial charge < -0.3 is 30.0 Å². The van der Waals surface area contributed by atoms with Crippen molar-refractivity contribution in [2.45, 2.75) is 37.2 Å². The summed E-state index contributed by atoms with van der Waals surface area (Å²) >= 11 is 0. The highest BCUT2D eigenvalue weighted by atomic mass is 33.1. The Morgan fingerprint density at radius 1 is 1.28 bits per heavy atom. The third kappa shape index (κ3) is 12.6. The third-order valence-corrected chi connectivity index (χ3v) is 5.79. The molecule has 2 atom stereocenters. The molecule has 2 unspecified atom stereocenters. The van der Waals surface area contributed by atoms with E-state index in [1.165, 1.54) is 17.9 Å². The van der Waals surface area contributed by atoms with Gasteiger partial charge in [0.1, 0.15) is 11.6 Å². The standard InChI is InChI=1S/C18H29N3O6S2/c1-3-14(12-22)27-17(25-2)13-26-18(24)21-10-9-19-15(23)7-11-28-29-16-6-4-5-8-20-16/h4-6,8,14,17,22H,3,7,9-13H2,1-2H3,(H,19,23)(H,21,24). The number of alkyl carbamates (subject to hydrolysis) is 1. The molecule has 1 aromatic heterocycles. The molecule has 0 saturated carbocycles. The largest absolute Gasteiger partial charge is 0.444 e. The minimum atomic E-state index is -0.751. The van der Waals surface area contributed by atoms with Crippen molar-refractivity contribution >= 4 is 33.6 Å². The molecule has 11 heteroatoms. The number of hydrogen-bond acceptors (Lipinski definition) is 9. The summed E-state index contributed by atoms with van der Waals surface area (Å²) in [5.74, 6) is 0.574. The number of hydrogen-bond donors (Lipinski definition) is 3. The first kappa shape index (κ1) is 25.5. The Labute approximate surface area is 179 Å². The van der Waals surface area contributed by atoms with Crippen molar-refractivity contribution in [2.75, 3.05) is 39.2 Å². The van der Waals surface area contributed by atoms with Crippen molar-refractivity contribution in [1.82, 2.24) is 15.6 Å². The summed E-state index contributed by atoms with van der Waals surface area (Å²) < 4.78 is 15.5. The fourth-order valence-corrected chi connectivity index (χ4v) is 3.80. The van der Waals surface area contributed by atoms with Gasteiger partial charge >= 0.3 is 6.09 Å². The van der Waals surface area contributed by atoms with Crippen LogP contribution < -0.4 is 10.6 Å². The van der Waals surface area contributed by atoms with Gasteiger partial charge in [-0.15, -0.1) is 0 Å². The van der Waals surface area contributed by atoms with E-state index < -0.39 is 12.4 Å². The highest BCUT2D eigenvalue weighted by molar-refractivity contribution is 8.76. The summed E-state index contributed by atoms with van der Waals surface area (Å²) in [5, 5.41) is 15.3.